The third-order valence-corrected chi connectivity index (χ3v) is 4.85. The van der Waals surface area contributed by atoms with Gasteiger partial charge in [-0.25, -0.2) is 0 Å². The zero-order chi connectivity index (χ0) is 16.7. The zero-order valence-corrected chi connectivity index (χ0v) is 12.7. The zero-order valence-electron chi connectivity index (χ0n) is 12.7. The topological polar surface area (TPSA) is 107 Å². The van der Waals surface area contributed by atoms with Crippen molar-refractivity contribution in [2.45, 2.75) is 19.4 Å². The fourth-order valence-corrected chi connectivity index (χ4v) is 3.81. The number of phenolic OH excluding ortho intramolecular Hbond substituents is 1. The van der Waals surface area contributed by atoms with Crippen molar-refractivity contribution in [3.05, 3.63) is 41.0 Å². The number of aliphatic hydroxyl groups is 2. The van der Waals surface area contributed by atoms with Crippen molar-refractivity contribution in [3.8, 4) is 5.75 Å². The first kappa shape index (κ1) is 15.7. The van der Waals surface area contributed by atoms with E-state index in [9.17, 15) is 24.9 Å². The van der Waals surface area contributed by atoms with E-state index in [4.69, 9.17) is 0 Å². The molecule has 4 atom stereocenters. The Kier molecular flexibility index (Phi) is 3.95. The quantitative estimate of drug-likeness (QED) is 0.483. The number of aliphatic hydroxyl groups excluding tert-OH is 2. The van der Waals surface area contributed by atoms with Gasteiger partial charge < -0.3 is 15.3 Å². The molecule has 0 spiro atoms. The second kappa shape index (κ2) is 5.79. The molecular formula is C17H19NO5. The number of nitrogens with one attached hydrogen (secondary N) is 1. The van der Waals surface area contributed by atoms with Crippen LogP contribution in [0.5, 0.6) is 5.75 Å². The monoisotopic (exact) mass is 317 g/mol. The number of benzene rings is 1. The number of carbonyl (C=O) groups is 2. The molecule has 0 radical (unpaired) electrons. The predicted molar refractivity (Wildman–Crippen MR) is 81.1 cm³/mol. The van der Waals surface area contributed by atoms with E-state index in [1.54, 1.807) is 19.1 Å². The Balaban J connectivity index is 2.03. The maximum absolute atomic E-state index is 12.1. The summed E-state index contributed by atoms with van der Waals surface area (Å²) >= 11 is 0. The average Bonchev–Trinajstić information content (AvgIpc) is 2.79. The van der Waals surface area contributed by atoms with Gasteiger partial charge in [0.15, 0.2) is 0 Å². The molecule has 0 unspecified atom stereocenters. The Morgan fingerprint density at radius 2 is 2.04 bits per heavy atom. The lowest BCUT2D eigenvalue weighted by atomic mass is 9.68. The van der Waals surface area contributed by atoms with Crippen LogP contribution in [0.1, 0.15) is 25.0 Å². The van der Waals surface area contributed by atoms with Crippen molar-refractivity contribution in [3.63, 3.8) is 0 Å². The van der Waals surface area contributed by atoms with Crippen LogP contribution in [-0.2, 0) is 9.59 Å². The number of aromatic hydroxyl groups is 1. The van der Waals surface area contributed by atoms with E-state index in [2.05, 4.69) is 5.32 Å². The lowest BCUT2D eigenvalue weighted by Gasteiger charge is -2.35. The minimum Gasteiger partial charge on any atom is -0.508 e. The van der Waals surface area contributed by atoms with Crippen molar-refractivity contribution >= 4 is 11.8 Å². The van der Waals surface area contributed by atoms with Crippen LogP contribution in [0.4, 0.5) is 0 Å². The maximum atomic E-state index is 12.1. The van der Waals surface area contributed by atoms with Gasteiger partial charge in [0.1, 0.15) is 11.9 Å². The van der Waals surface area contributed by atoms with E-state index in [0.29, 0.717) is 17.6 Å². The molecule has 1 aromatic rings. The Hall–Kier alpha value is -2.18. The summed E-state index contributed by atoms with van der Waals surface area (Å²) in [5.41, 5.74) is 1.84. The second-order valence-corrected chi connectivity index (χ2v) is 6.21. The number of hydrogen-bond donors (Lipinski definition) is 4. The molecule has 4 N–H and O–H groups in total. The van der Waals surface area contributed by atoms with Crippen molar-refractivity contribution in [1.82, 2.24) is 5.32 Å². The highest BCUT2D eigenvalue weighted by Crippen LogP contribution is 2.46. The van der Waals surface area contributed by atoms with Gasteiger partial charge in [0, 0.05) is 5.92 Å². The lowest BCUT2D eigenvalue weighted by Crippen LogP contribution is -2.36. The number of rotatable bonds is 3. The van der Waals surface area contributed by atoms with Gasteiger partial charge in [-0.2, -0.15) is 0 Å². The normalized spacial score (nSPS) is 28.6. The molecule has 1 fully saturated rings. The summed E-state index contributed by atoms with van der Waals surface area (Å²) < 4.78 is 0. The number of amides is 2. The molecule has 1 heterocycles. The number of carbonyl (C=O) groups excluding carboxylic acids is 2. The number of allylic oxidation sites excluding steroid dienone is 1. The van der Waals surface area contributed by atoms with Crippen LogP contribution in [0.15, 0.2) is 35.4 Å². The Morgan fingerprint density at radius 1 is 1.30 bits per heavy atom. The minimum atomic E-state index is -1.04. The SMILES string of the molecule is CC1=C([C@@H](O)c2cccc(O)c2)[C@H](CO)[C@@H]2C(=O)NC(=O)[C@@H]2C1. The van der Waals surface area contributed by atoms with Gasteiger partial charge in [-0.3, -0.25) is 14.9 Å². The molecule has 1 aromatic carbocycles. The average molecular weight is 317 g/mol. The van der Waals surface area contributed by atoms with Crippen LogP contribution in [0.25, 0.3) is 0 Å². The molecular weight excluding hydrogens is 298 g/mol. The van der Waals surface area contributed by atoms with Gasteiger partial charge in [-0.05, 0) is 36.6 Å². The Bertz CT molecular complexity index is 696. The molecule has 0 aromatic heterocycles. The van der Waals surface area contributed by atoms with E-state index in [1.165, 1.54) is 12.1 Å². The fourth-order valence-electron chi connectivity index (χ4n) is 3.81. The van der Waals surface area contributed by atoms with Crippen molar-refractivity contribution < 1.29 is 24.9 Å². The Morgan fingerprint density at radius 3 is 2.70 bits per heavy atom. The van der Waals surface area contributed by atoms with Gasteiger partial charge in [0.2, 0.25) is 11.8 Å². The summed E-state index contributed by atoms with van der Waals surface area (Å²) in [5, 5.41) is 32.4. The summed E-state index contributed by atoms with van der Waals surface area (Å²) in [7, 11) is 0. The van der Waals surface area contributed by atoms with Crippen molar-refractivity contribution in [2.24, 2.45) is 17.8 Å². The number of fused-ring (bicyclic) bond motifs is 1. The second-order valence-electron chi connectivity index (χ2n) is 6.21. The van der Waals surface area contributed by atoms with E-state index < -0.39 is 29.8 Å². The van der Waals surface area contributed by atoms with Gasteiger partial charge in [-0.15, -0.1) is 0 Å². The molecule has 23 heavy (non-hydrogen) atoms. The minimum absolute atomic E-state index is 0.0304. The molecule has 122 valence electrons. The maximum Gasteiger partial charge on any atom is 0.231 e. The Labute approximate surface area is 133 Å². The fraction of sp³-hybridized carbons (Fsp3) is 0.412. The van der Waals surface area contributed by atoms with Crippen molar-refractivity contribution in [2.75, 3.05) is 6.61 Å². The first-order valence-electron chi connectivity index (χ1n) is 7.56. The largest absolute Gasteiger partial charge is 0.508 e. The van der Waals surface area contributed by atoms with Gasteiger partial charge in [-0.1, -0.05) is 17.7 Å². The van der Waals surface area contributed by atoms with Crippen molar-refractivity contribution in [1.29, 1.82) is 0 Å². The van der Waals surface area contributed by atoms with Crippen LogP contribution < -0.4 is 5.32 Å². The first-order valence-corrected chi connectivity index (χ1v) is 7.56. The molecule has 6 nitrogen and oxygen atoms in total. The van der Waals surface area contributed by atoms with E-state index in [-0.39, 0.29) is 18.3 Å². The molecule has 1 saturated heterocycles. The third-order valence-electron chi connectivity index (χ3n) is 4.85. The highest BCUT2D eigenvalue weighted by molar-refractivity contribution is 6.05. The smallest absolute Gasteiger partial charge is 0.231 e. The number of hydrogen-bond acceptors (Lipinski definition) is 5. The highest BCUT2D eigenvalue weighted by Gasteiger charge is 2.50. The van der Waals surface area contributed by atoms with E-state index >= 15 is 0 Å². The molecule has 0 saturated carbocycles. The summed E-state index contributed by atoms with van der Waals surface area (Å²) in [4.78, 5) is 24.0. The predicted octanol–water partition coefficient (Wildman–Crippen LogP) is 0.643. The molecule has 2 aliphatic rings. The lowest BCUT2D eigenvalue weighted by molar-refractivity contribution is -0.126. The number of imide groups is 1. The number of phenols is 1. The standard InChI is InChI=1S/C17H19NO5/c1-8-5-11-14(17(23)18-16(11)22)12(7-19)13(8)15(21)9-3-2-4-10(20)6-9/h2-4,6,11-12,14-15,19-21H,5,7H2,1H3,(H,18,22,23)/t11-,12+,14-,15+/m1/s1. The molecule has 0 bridgehead atoms. The summed E-state index contributed by atoms with van der Waals surface area (Å²) in [6.07, 6.45) is -0.659. The van der Waals surface area contributed by atoms with Crippen LogP contribution >= 0.6 is 0 Å². The first-order chi connectivity index (χ1) is 10.9. The molecule has 3 rings (SSSR count). The van der Waals surface area contributed by atoms with Gasteiger partial charge in [0.25, 0.3) is 0 Å². The van der Waals surface area contributed by atoms with Crippen LogP contribution in [0, 0.1) is 17.8 Å². The van der Waals surface area contributed by atoms with Crippen LogP contribution in [0.2, 0.25) is 0 Å². The highest BCUT2D eigenvalue weighted by atomic mass is 16.3. The third kappa shape index (κ3) is 2.54. The molecule has 1 aliphatic carbocycles. The van der Waals surface area contributed by atoms with Crippen LogP contribution in [0.3, 0.4) is 0 Å². The van der Waals surface area contributed by atoms with Gasteiger partial charge >= 0.3 is 0 Å². The van der Waals surface area contributed by atoms with E-state index in [0.717, 1.165) is 5.57 Å². The summed E-state index contributed by atoms with van der Waals surface area (Å²) in [6.45, 7) is 1.47. The molecule has 6 heteroatoms. The summed E-state index contributed by atoms with van der Waals surface area (Å²) in [6, 6.07) is 6.24. The summed E-state index contributed by atoms with van der Waals surface area (Å²) in [5.74, 6) is -2.44. The molecule has 2 amide bonds. The molecule has 1 aliphatic heterocycles. The van der Waals surface area contributed by atoms with Gasteiger partial charge in [0.05, 0.1) is 18.4 Å². The van der Waals surface area contributed by atoms with E-state index in [1.807, 2.05) is 0 Å². The van der Waals surface area contributed by atoms with Crippen LogP contribution in [-0.4, -0.2) is 33.7 Å².